The molecule has 0 saturated heterocycles. The number of halogens is 2. The minimum atomic E-state index is -0.861. The summed E-state index contributed by atoms with van der Waals surface area (Å²) in [7, 11) is 0. The molecule has 0 saturated carbocycles. The molecule has 0 unspecified atom stereocenters. The molecule has 0 aromatic heterocycles. The third kappa shape index (κ3) is 3.10. The number of carbonyl (C=O) groups excluding carboxylic acids is 1. The maximum atomic E-state index is 13.6. The van der Waals surface area contributed by atoms with E-state index in [1.165, 1.54) is 12.1 Å². The Kier molecular flexibility index (Phi) is 4.14. The van der Waals surface area contributed by atoms with E-state index in [2.05, 4.69) is 5.32 Å². The van der Waals surface area contributed by atoms with Gasteiger partial charge >= 0.3 is 0 Å². The highest BCUT2D eigenvalue weighted by molar-refractivity contribution is 6.31. The monoisotopic (exact) mass is 278 g/mol. The van der Waals surface area contributed by atoms with E-state index in [1.807, 2.05) is 6.07 Å². The lowest BCUT2D eigenvalue weighted by molar-refractivity contribution is -0.117. The topological polar surface area (TPSA) is 55.1 Å². The lowest BCUT2D eigenvalue weighted by Gasteiger charge is -2.13. The maximum Gasteiger partial charge on any atom is 0.245 e. The number of hydrogen-bond donors (Lipinski definition) is 2. The molecule has 2 aromatic carbocycles. The Balaban J connectivity index is 2.15. The second-order valence-electron chi connectivity index (χ2n) is 3.98. The summed E-state index contributed by atoms with van der Waals surface area (Å²) in [6, 6.07) is 12.4. The highest BCUT2D eigenvalue weighted by Gasteiger charge is 2.17. The van der Waals surface area contributed by atoms with Gasteiger partial charge in [0.25, 0.3) is 0 Å². The van der Waals surface area contributed by atoms with Gasteiger partial charge in [-0.2, -0.15) is 0 Å². The van der Waals surface area contributed by atoms with Crippen LogP contribution in [-0.2, 0) is 4.79 Å². The van der Waals surface area contributed by atoms with E-state index >= 15 is 0 Å². The molecule has 3 nitrogen and oxygen atoms in total. The van der Waals surface area contributed by atoms with Crippen LogP contribution in [0.3, 0.4) is 0 Å². The number of hydrogen-bond acceptors (Lipinski definition) is 2. The highest BCUT2D eigenvalue weighted by Crippen LogP contribution is 2.23. The standard InChI is InChI=1S/C14H12ClFN2O/c15-10-7-4-8-11(12(10)16)18-14(19)13(17)9-5-2-1-3-6-9/h1-8,13H,17H2,(H,18,19)/t13-/m1/s1. The molecule has 2 rings (SSSR count). The summed E-state index contributed by atoms with van der Waals surface area (Å²) in [5.41, 5.74) is 6.48. The summed E-state index contributed by atoms with van der Waals surface area (Å²) in [5.74, 6) is -1.16. The molecule has 0 radical (unpaired) electrons. The number of rotatable bonds is 3. The van der Waals surface area contributed by atoms with Crippen LogP contribution < -0.4 is 11.1 Å². The van der Waals surface area contributed by atoms with E-state index in [-0.39, 0.29) is 10.7 Å². The van der Waals surface area contributed by atoms with Crippen LogP contribution in [0.15, 0.2) is 48.5 Å². The molecule has 0 bridgehead atoms. The number of nitrogens with two attached hydrogens (primary N) is 1. The summed E-state index contributed by atoms with van der Waals surface area (Å²) in [6.45, 7) is 0. The van der Waals surface area contributed by atoms with Crippen molar-refractivity contribution in [2.45, 2.75) is 6.04 Å². The van der Waals surface area contributed by atoms with E-state index < -0.39 is 17.8 Å². The predicted octanol–water partition coefficient (Wildman–Crippen LogP) is 3.12. The zero-order valence-corrected chi connectivity index (χ0v) is 10.7. The van der Waals surface area contributed by atoms with Gasteiger partial charge in [0.2, 0.25) is 5.91 Å². The zero-order chi connectivity index (χ0) is 13.8. The molecule has 0 heterocycles. The van der Waals surface area contributed by atoms with Gasteiger partial charge in [0, 0.05) is 0 Å². The van der Waals surface area contributed by atoms with Crippen molar-refractivity contribution in [2.24, 2.45) is 5.73 Å². The maximum absolute atomic E-state index is 13.6. The largest absolute Gasteiger partial charge is 0.322 e. The number of carbonyl (C=O) groups is 1. The zero-order valence-electron chi connectivity index (χ0n) is 9.94. The second kappa shape index (κ2) is 5.82. The Hall–Kier alpha value is -1.91. The van der Waals surface area contributed by atoms with Gasteiger partial charge in [-0.3, -0.25) is 4.79 Å². The van der Waals surface area contributed by atoms with Crippen molar-refractivity contribution in [1.82, 2.24) is 0 Å². The molecular formula is C14H12ClFN2O. The van der Waals surface area contributed by atoms with E-state index in [1.54, 1.807) is 30.3 Å². The van der Waals surface area contributed by atoms with E-state index in [9.17, 15) is 9.18 Å². The molecule has 0 spiro atoms. The first kappa shape index (κ1) is 13.5. The molecule has 3 N–H and O–H groups in total. The van der Waals surface area contributed by atoms with Gasteiger partial charge in [-0.25, -0.2) is 4.39 Å². The average molecular weight is 279 g/mol. The molecule has 0 aliphatic carbocycles. The lowest BCUT2D eigenvalue weighted by Crippen LogP contribution is -2.28. The number of amides is 1. The van der Waals surface area contributed by atoms with Gasteiger partial charge in [0.1, 0.15) is 6.04 Å². The van der Waals surface area contributed by atoms with Crippen LogP contribution in [0.2, 0.25) is 5.02 Å². The van der Waals surface area contributed by atoms with Gasteiger partial charge in [0.15, 0.2) is 5.82 Å². The molecule has 5 heteroatoms. The van der Waals surface area contributed by atoms with Gasteiger partial charge in [-0.05, 0) is 17.7 Å². The summed E-state index contributed by atoms with van der Waals surface area (Å²) in [4.78, 5) is 11.9. The van der Waals surface area contributed by atoms with Crippen LogP contribution in [-0.4, -0.2) is 5.91 Å². The van der Waals surface area contributed by atoms with Crippen LogP contribution >= 0.6 is 11.6 Å². The fourth-order valence-electron chi connectivity index (χ4n) is 1.62. The molecule has 2 aromatic rings. The van der Waals surface area contributed by atoms with Crippen molar-refractivity contribution in [3.63, 3.8) is 0 Å². The number of anilines is 1. The fourth-order valence-corrected chi connectivity index (χ4v) is 1.80. The fraction of sp³-hybridized carbons (Fsp3) is 0.0714. The van der Waals surface area contributed by atoms with Crippen LogP contribution in [0.25, 0.3) is 0 Å². The highest BCUT2D eigenvalue weighted by atomic mass is 35.5. The SMILES string of the molecule is N[C@@H](C(=O)Nc1cccc(Cl)c1F)c1ccccc1. The molecule has 1 atom stereocenters. The quantitative estimate of drug-likeness (QED) is 0.906. The minimum absolute atomic E-state index is 0.0175. The van der Waals surface area contributed by atoms with Crippen molar-refractivity contribution < 1.29 is 9.18 Å². The van der Waals surface area contributed by atoms with Gasteiger partial charge in [-0.1, -0.05) is 48.0 Å². The second-order valence-corrected chi connectivity index (χ2v) is 4.39. The van der Waals surface area contributed by atoms with Crippen molar-refractivity contribution in [3.05, 3.63) is 64.9 Å². The van der Waals surface area contributed by atoms with Crippen molar-refractivity contribution in [1.29, 1.82) is 0 Å². The van der Waals surface area contributed by atoms with Crippen molar-refractivity contribution in [2.75, 3.05) is 5.32 Å². The van der Waals surface area contributed by atoms with Crippen molar-refractivity contribution >= 4 is 23.2 Å². The van der Waals surface area contributed by atoms with Crippen molar-refractivity contribution in [3.8, 4) is 0 Å². The first-order valence-electron chi connectivity index (χ1n) is 5.65. The Labute approximate surface area is 115 Å². The van der Waals surface area contributed by atoms with Crippen LogP contribution in [0.4, 0.5) is 10.1 Å². The van der Waals surface area contributed by atoms with Gasteiger partial charge < -0.3 is 11.1 Å². The van der Waals surface area contributed by atoms with Gasteiger partial charge in [-0.15, -0.1) is 0 Å². The molecular weight excluding hydrogens is 267 g/mol. The van der Waals surface area contributed by atoms with Gasteiger partial charge in [0.05, 0.1) is 10.7 Å². The summed E-state index contributed by atoms with van der Waals surface area (Å²) >= 11 is 5.64. The lowest BCUT2D eigenvalue weighted by atomic mass is 10.1. The number of benzene rings is 2. The Morgan fingerprint density at radius 2 is 1.84 bits per heavy atom. The van der Waals surface area contributed by atoms with Crippen LogP contribution in [0.1, 0.15) is 11.6 Å². The smallest absolute Gasteiger partial charge is 0.245 e. The first-order valence-corrected chi connectivity index (χ1v) is 6.03. The van der Waals surface area contributed by atoms with Crippen LogP contribution in [0.5, 0.6) is 0 Å². The minimum Gasteiger partial charge on any atom is -0.322 e. The molecule has 98 valence electrons. The third-order valence-corrected chi connectivity index (χ3v) is 2.94. The Morgan fingerprint density at radius 3 is 2.53 bits per heavy atom. The first-order chi connectivity index (χ1) is 9.09. The average Bonchev–Trinajstić information content (AvgIpc) is 2.44. The molecule has 0 fully saturated rings. The molecule has 19 heavy (non-hydrogen) atoms. The van der Waals surface area contributed by atoms with E-state index in [4.69, 9.17) is 17.3 Å². The summed E-state index contributed by atoms with van der Waals surface area (Å²) < 4.78 is 13.6. The number of nitrogens with one attached hydrogen (secondary N) is 1. The molecule has 0 aliphatic heterocycles. The van der Waals surface area contributed by atoms with Crippen LogP contribution in [0, 0.1) is 5.82 Å². The Bertz CT molecular complexity index is 589. The Morgan fingerprint density at radius 1 is 1.16 bits per heavy atom. The van der Waals surface area contributed by atoms with E-state index in [0.29, 0.717) is 5.56 Å². The van der Waals surface area contributed by atoms with E-state index in [0.717, 1.165) is 0 Å². The molecule has 1 amide bonds. The third-order valence-electron chi connectivity index (χ3n) is 2.65. The summed E-state index contributed by atoms with van der Waals surface area (Å²) in [5, 5.41) is 2.38. The molecule has 0 aliphatic rings. The normalized spacial score (nSPS) is 11.9. The predicted molar refractivity (Wildman–Crippen MR) is 73.4 cm³/mol. The summed E-state index contributed by atoms with van der Waals surface area (Å²) in [6.07, 6.45) is 0.